The molecule has 164 valence electrons. The lowest BCUT2D eigenvalue weighted by Gasteiger charge is -2.21. The van der Waals surface area contributed by atoms with Crippen LogP contribution in [0.3, 0.4) is 0 Å². The number of hydrogen-bond acceptors (Lipinski definition) is 10. The third kappa shape index (κ3) is 3.35. The highest BCUT2D eigenvalue weighted by molar-refractivity contribution is 6.35. The van der Waals surface area contributed by atoms with Gasteiger partial charge >= 0.3 is 0 Å². The molecule has 0 amide bonds. The van der Waals surface area contributed by atoms with Crippen LogP contribution in [0.4, 0.5) is 11.6 Å². The molecule has 11 nitrogen and oxygen atoms in total. The van der Waals surface area contributed by atoms with Crippen LogP contribution >= 0.6 is 11.6 Å². The van der Waals surface area contributed by atoms with E-state index in [1.807, 2.05) is 6.92 Å². The minimum atomic E-state index is -0.619. The fourth-order valence-corrected chi connectivity index (χ4v) is 3.93. The van der Waals surface area contributed by atoms with E-state index in [9.17, 15) is 9.90 Å². The Bertz CT molecular complexity index is 1400. The Labute approximate surface area is 186 Å². The quantitative estimate of drug-likeness (QED) is 0.408. The molecule has 32 heavy (non-hydrogen) atoms. The topological polar surface area (TPSA) is 158 Å². The highest BCUT2D eigenvalue weighted by Crippen LogP contribution is 2.38. The normalized spacial score (nSPS) is 18.6. The summed E-state index contributed by atoms with van der Waals surface area (Å²) in [6, 6.07) is 4.22. The lowest BCUT2D eigenvalue weighted by atomic mass is 10.2. The smallest absolute Gasteiger partial charge is 0.263 e. The van der Waals surface area contributed by atoms with E-state index in [0.29, 0.717) is 45.4 Å². The van der Waals surface area contributed by atoms with Crippen molar-refractivity contribution in [3.05, 3.63) is 51.6 Å². The molecule has 3 aromatic heterocycles. The van der Waals surface area contributed by atoms with Crippen LogP contribution in [0.2, 0.25) is 5.02 Å². The number of aryl methyl sites for hydroxylation is 1. The van der Waals surface area contributed by atoms with Crippen LogP contribution in [-0.4, -0.2) is 40.9 Å². The molecule has 0 radical (unpaired) electrons. The molecule has 1 aliphatic rings. The number of fused-ring (bicyclic) bond motifs is 1. The first kappa shape index (κ1) is 20.3. The van der Waals surface area contributed by atoms with Crippen molar-refractivity contribution >= 4 is 34.1 Å². The van der Waals surface area contributed by atoms with Gasteiger partial charge in [-0.2, -0.15) is 0 Å². The second-order valence-electron chi connectivity index (χ2n) is 7.62. The van der Waals surface area contributed by atoms with Gasteiger partial charge in [-0.15, -0.1) is 10.2 Å². The van der Waals surface area contributed by atoms with E-state index in [1.165, 1.54) is 10.9 Å². The highest BCUT2D eigenvalue weighted by Gasteiger charge is 2.40. The van der Waals surface area contributed by atoms with Crippen LogP contribution < -0.4 is 16.6 Å². The number of rotatable bonds is 5. The molecule has 3 atom stereocenters. The third-order valence-corrected chi connectivity index (χ3v) is 5.63. The third-order valence-electron chi connectivity index (χ3n) is 5.32. The number of aliphatic hydroxyl groups excluding tert-OH is 1. The van der Waals surface area contributed by atoms with E-state index >= 15 is 0 Å². The molecule has 12 heteroatoms. The zero-order valence-corrected chi connectivity index (χ0v) is 17.9. The fraction of sp³-hybridized carbons (Fsp3) is 0.300. The molecule has 3 heterocycles. The molecule has 1 fully saturated rings. The van der Waals surface area contributed by atoms with Gasteiger partial charge in [0.2, 0.25) is 5.89 Å². The molecule has 1 saturated carbocycles. The van der Waals surface area contributed by atoms with Gasteiger partial charge in [0, 0.05) is 6.92 Å². The molecule has 0 spiro atoms. The van der Waals surface area contributed by atoms with E-state index < -0.39 is 12.1 Å². The predicted molar refractivity (Wildman–Crippen MR) is 117 cm³/mol. The summed E-state index contributed by atoms with van der Waals surface area (Å²) in [4.78, 5) is 26.3. The first-order valence-corrected chi connectivity index (χ1v) is 10.3. The van der Waals surface area contributed by atoms with Gasteiger partial charge in [-0.1, -0.05) is 17.7 Å². The Balaban J connectivity index is 1.62. The maximum Gasteiger partial charge on any atom is 0.263 e. The van der Waals surface area contributed by atoms with Crippen LogP contribution in [0.25, 0.3) is 22.4 Å². The number of aliphatic hydroxyl groups is 1. The van der Waals surface area contributed by atoms with Gasteiger partial charge in [0.1, 0.15) is 29.4 Å². The van der Waals surface area contributed by atoms with Crippen molar-refractivity contribution in [2.45, 2.75) is 38.5 Å². The van der Waals surface area contributed by atoms with Gasteiger partial charge < -0.3 is 20.6 Å². The van der Waals surface area contributed by atoms with E-state index in [-0.39, 0.29) is 23.3 Å². The van der Waals surface area contributed by atoms with E-state index in [2.05, 4.69) is 25.5 Å². The maximum atomic E-state index is 13.3. The minimum Gasteiger partial charge on any atom is -0.421 e. The van der Waals surface area contributed by atoms with Gasteiger partial charge in [0.15, 0.2) is 0 Å². The van der Waals surface area contributed by atoms with E-state index in [0.717, 1.165) is 0 Å². The number of nitrogens with two attached hydrogens (primary N) is 1. The summed E-state index contributed by atoms with van der Waals surface area (Å²) >= 11 is 6.28. The first-order valence-electron chi connectivity index (χ1n) is 9.91. The zero-order chi connectivity index (χ0) is 22.6. The Kier molecular flexibility index (Phi) is 4.79. The largest absolute Gasteiger partial charge is 0.421 e. The number of nitrogens with one attached hydrogen (secondary N) is 1. The Morgan fingerprint density at radius 1 is 1.34 bits per heavy atom. The van der Waals surface area contributed by atoms with Crippen molar-refractivity contribution in [1.29, 1.82) is 0 Å². The first-order chi connectivity index (χ1) is 15.3. The maximum absolute atomic E-state index is 13.3. The molecule has 1 aromatic carbocycles. The van der Waals surface area contributed by atoms with Crippen molar-refractivity contribution in [3.63, 3.8) is 0 Å². The number of hydrogen-bond donors (Lipinski definition) is 3. The molecule has 0 aliphatic heterocycles. The molecule has 0 saturated heterocycles. The Hall–Kier alpha value is -3.57. The SMILES string of the molecule is Cc1nnc(-c2c(N)ncnc2N[C@@H](C)c2nc3cccc(Cl)c3c(=O)n2C2CC2O)o1. The summed E-state index contributed by atoms with van der Waals surface area (Å²) < 4.78 is 7.01. The van der Waals surface area contributed by atoms with Crippen LogP contribution in [0.15, 0.2) is 33.7 Å². The van der Waals surface area contributed by atoms with Crippen molar-refractivity contribution < 1.29 is 9.52 Å². The van der Waals surface area contributed by atoms with Gasteiger partial charge in [-0.25, -0.2) is 15.0 Å². The number of nitrogens with zero attached hydrogens (tertiary/aromatic N) is 6. The lowest BCUT2D eigenvalue weighted by molar-refractivity contribution is 0.257. The highest BCUT2D eigenvalue weighted by atomic mass is 35.5. The summed E-state index contributed by atoms with van der Waals surface area (Å²) in [5.41, 5.74) is 6.57. The molecule has 5 rings (SSSR count). The molecule has 4 aromatic rings. The van der Waals surface area contributed by atoms with Crippen molar-refractivity contribution in [1.82, 2.24) is 29.7 Å². The molecule has 4 N–H and O–H groups in total. The molecule has 2 unspecified atom stereocenters. The Morgan fingerprint density at radius 3 is 2.81 bits per heavy atom. The van der Waals surface area contributed by atoms with Gasteiger partial charge in [-0.05, 0) is 25.5 Å². The molecule has 0 bridgehead atoms. The fourth-order valence-electron chi connectivity index (χ4n) is 3.68. The number of benzene rings is 1. The summed E-state index contributed by atoms with van der Waals surface area (Å²) in [5.74, 6) is 1.47. The predicted octanol–water partition coefficient (Wildman–Crippen LogP) is 2.26. The van der Waals surface area contributed by atoms with Crippen molar-refractivity contribution in [2.75, 3.05) is 11.1 Å². The summed E-state index contributed by atoms with van der Waals surface area (Å²) in [7, 11) is 0. The number of aromatic nitrogens is 6. The Morgan fingerprint density at radius 2 is 2.12 bits per heavy atom. The van der Waals surface area contributed by atoms with Crippen molar-refractivity contribution in [2.24, 2.45) is 0 Å². The van der Waals surface area contributed by atoms with Crippen LogP contribution in [0.5, 0.6) is 0 Å². The van der Waals surface area contributed by atoms with Crippen molar-refractivity contribution in [3.8, 4) is 11.5 Å². The second-order valence-corrected chi connectivity index (χ2v) is 8.03. The summed E-state index contributed by atoms with van der Waals surface area (Å²) in [5, 5.41) is 21.8. The monoisotopic (exact) mass is 454 g/mol. The van der Waals surface area contributed by atoms with E-state index in [1.54, 1.807) is 25.1 Å². The minimum absolute atomic E-state index is 0.159. The summed E-state index contributed by atoms with van der Waals surface area (Å²) in [6.45, 7) is 3.49. The molecule has 1 aliphatic carbocycles. The van der Waals surface area contributed by atoms with Gasteiger partial charge in [0.05, 0.1) is 34.1 Å². The van der Waals surface area contributed by atoms with E-state index in [4.69, 9.17) is 26.7 Å². The number of anilines is 2. The van der Waals surface area contributed by atoms with Gasteiger partial charge in [0.25, 0.3) is 11.4 Å². The van der Waals surface area contributed by atoms with Gasteiger partial charge in [-0.3, -0.25) is 9.36 Å². The average molecular weight is 455 g/mol. The average Bonchev–Trinajstić information content (AvgIpc) is 3.30. The number of halogens is 1. The zero-order valence-electron chi connectivity index (χ0n) is 17.2. The van der Waals surface area contributed by atoms with Crippen LogP contribution in [0.1, 0.15) is 37.1 Å². The lowest BCUT2D eigenvalue weighted by Crippen LogP contribution is -2.29. The molecular formula is C20H19ClN8O3. The van der Waals surface area contributed by atoms with Crippen LogP contribution in [-0.2, 0) is 0 Å². The second kappa shape index (κ2) is 7.53. The number of nitrogen functional groups attached to an aromatic ring is 1. The summed E-state index contributed by atoms with van der Waals surface area (Å²) in [6.07, 6.45) is 1.15. The standard InChI is InChI=1S/C20H19ClN8O3/c1-8(25-17-15(16(22)23-7-24-17)19-28-27-9(2)32-19)18-26-11-5-3-4-10(21)14(11)20(31)29(18)12-6-13(12)30/h3-5,7-8,12-13,30H,6H2,1-2H3,(H3,22,23,24,25)/t8-,12?,13?/m0/s1. The van der Waals surface area contributed by atoms with Crippen LogP contribution in [0, 0.1) is 6.92 Å². The molecular weight excluding hydrogens is 436 g/mol.